The van der Waals surface area contributed by atoms with E-state index in [9.17, 15) is 9.18 Å². The number of anilines is 1. The number of rotatable bonds is 6. The first-order valence-corrected chi connectivity index (χ1v) is 9.47. The van der Waals surface area contributed by atoms with Gasteiger partial charge in [0, 0.05) is 25.0 Å². The van der Waals surface area contributed by atoms with Crippen molar-refractivity contribution in [2.75, 3.05) is 18.0 Å². The Bertz CT molecular complexity index is 711. The summed E-state index contributed by atoms with van der Waals surface area (Å²) >= 11 is 0. The van der Waals surface area contributed by atoms with Crippen LogP contribution >= 0.6 is 0 Å². The van der Waals surface area contributed by atoms with Crippen molar-refractivity contribution in [3.8, 4) is 0 Å². The molecule has 138 valence electrons. The van der Waals surface area contributed by atoms with Gasteiger partial charge in [0.15, 0.2) is 0 Å². The van der Waals surface area contributed by atoms with Crippen LogP contribution in [0.2, 0.25) is 0 Å². The molecule has 2 aromatic carbocycles. The van der Waals surface area contributed by atoms with E-state index in [-0.39, 0.29) is 23.7 Å². The maximum Gasteiger partial charge on any atom is 0.223 e. The number of carbonyl (C=O) groups excluding carboxylic acids is 1. The summed E-state index contributed by atoms with van der Waals surface area (Å²) in [6, 6.07) is 17.4. The molecule has 1 amide bonds. The van der Waals surface area contributed by atoms with Gasteiger partial charge >= 0.3 is 0 Å². The fourth-order valence-corrected chi connectivity index (χ4v) is 3.55. The summed E-state index contributed by atoms with van der Waals surface area (Å²) in [6.45, 7) is 3.50. The highest BCUT2D eigenvalue weighted by atomic mass is 19.1. The van der Waals surface area contributed by atoms with Crippen molar-refractivity contribution in [2.45, 2.75) is 38.6 Å². The maximum absolute atomic E-state index is 13.9. The second-order valence-corrected chi connectivity index (χ2v) is 7.15. The summed E-state index contributed by atoms with van der Waals surface area (Å²) in [6.07, 6.45) is 3.44. The predicted molar refractivity (Wildman–Crippen MR) is 104 cm³/mol. The number of hydrogen-bond acceptors (Lipinski definition) is 2. The van der Waals surface area contributed by atoms with Crippen LogP contribution in [-0.4, -0.2) is 25.0 Å². The molecule has 3 rings (SSSR count). The van der Waals surface area contributed by atoms with Gasteiger partial charge in [-0.05, 0) is 50.3 Å². The lowest BCUT2D eigenvalue weighted by Gasteiger charge is -2.33. The van der Waals surface area contributed by atoms with E-state index >= 15 is 0 Å². The standard InChI is InChI=1S/C22H27FN2O/c1-17(11-12-18-7-3-2-4-8-18)24-22(26)19-13-15-25(16-14-19)21-10-6-5-9-20(21)23/h2-10,17,19H,11-16H2,1H3,(H,24,26). The number of hydrogen-bond donors (Lipinski definition) is 1. The van der Waals surface area contributed by atoms with Gasteiger partial charge in [0.2, 0.25) is 5.91 Å². The Balaban J connectivity index is 1.44. The number of halogens is 1. The molecule has 0 aromatic heterocycles. The molecule has 1 atom stereocenters. The molecule has 3 nitrogen and oxygen atoms in total. The number of nitrogens with one attached hydrogen (secondary N) is 1. The lowest BCUT2D eigenvalue weighted by Crippen LogP contribution is -2.43. The van der Waals surface area contributed by atoms with Crippen LogP contribution in [0, 0.1) is 11.7 Å². The van der Waals surface area contributed by atoms with Crippen LogP contribution in [0.25, 0.3) is 0 Å². The Hall–Kier alpha value is -2.36. The van der Waals surface area contributed by atoms with E-state index in [1.165, 1.54) is 11.6 Å². The summed E-state index contributed by atoms with van der Waals surface area (Å²) in [5.74, 6) is -0.0270. The van der Waals surface area contributed by atoms with Gasteiger partial charge in [-0.1, -0.05) is 42.5 Å². The van der Waals surface area contributed by atoms with Crippen LogP contribution in [-0.2, 0) is 11.2 Å². The lowest BCUT2D eigenvalue weighted by molar-refractivity contribution is -0.126. The van der Waals surface area contributed by atoms with Crippen molar-refractivity contribution >= 4 is 11.6 Å². The Morgan fingerprint density at radius 2 is 1.77 bits per heavy atom. The van der Waals surface area contributed by atoms with E-state index in [0.717, 1.165) is 38.8 Å². The highest BCUT2D eigenvalue weighted by molar-refractivity contribution is 5.79. The third-order valence-corrected chi connectivity index (χ3v) is 5.16. The molecule has 0 radical (unpaired) electrons. The molecule has 0 bridgehead atoms. The Morgan fingerprint density at radius 1 is 1.12 bits per heavy atom. The first kappa shape index (κ1) is 18.4. The Morgan fingerprint density at radius 3 is 2.46 bits per heavy atom. The number of piperidine rings is 1. The van der Waals surface area contributed by atoms with Crippen LogP contribution in [0.5, 0.6) is 0 Å². The highest BCUT2D eigenvalue weighted by Crippen LogP contribution is 2.25. The molecule has 1 aliphatic heterocycles. The number of amides is 1. The van der Waals surface area contributed by atoms with Gasteiger partial charge in [0.25, 0.3) is 0 Å². The van der Waals surface area contributed by atoms with Crippen molar-refractivity contribution in [3.05, 3.63) is 66.0 Å². The number of carbonyl (C=O) groups is 1. The lowest BCUT2D eigenvalue weighted by atomic mass is 9.95. The third kappa shape index (κ3) is 4.84. The number of nitrogens with zero attached hydrogens (tertiary/aromatic N) is 1. The Labute approximate surface area is 155 Å². The third-order valence-electron chi connectivity index (χ3n) is 5.16. The van der Waals surface area contributed by atoms with E-state index in [2.05, 4.69) is 24.4 Å². The van der Waals surface area contributed by atoms with E-state index in [4.69, 9.17) is 0 Å². The molecule has 4 heteroatoms. The minimum Gasteiger partial charge on any atom is -0.369 e. The highest BCUT2D eigenvalue weighted by Gasteiger charge is 2.26. The van der Waals surface area contributed by atoms with E-state index in [1.807, 2.05) is 29.2 Å². The van der Waals surface area contributed by atoms with Crippen molar-refractivity contribution in [2.24, 2.45) is 5.92 Å². The minimum absolute atomic E-state index is 0.0252. The van der Waals surface area contributed by atoms with Gasteiger partial charge in [0.05, 0.1) is 5.69 Å². The van der Waals surface area contributed by atoms with Crippen molar-refractivity contribution in [3.63, 3.8) is 0 Å². The molecule has 0 saturated carbocycles. The normalized spacial score (nSPS) is 16.3. The van der Waals surface area contributed by atoms with E-state index in [1.54, 1.807) is 12.1 Å². The van der Waals surface area contributed by atoms with Gasteiger partial charge in [-0.2, -0.15) is 0 Å². The van der Waals surface area contributed by atoms with Crippen molar-refractivity contribution in [1.29, 1.82) is 0 Å². The molecule has 1 N–H and O–H groups in total. The van der Waals surface area contributed by atoms with Gasteiger partial charge in [-0.25, -0.2) is 4.39 Å². The molecule has 1 saturated heterocycles. The first-order chi connectivity index (χ1) is 12.6. The van der Waals surface area contributed by atoms with Crippen LogP contribution in [0.4, 0.5) is 10.1 Å². The van der Waals surface area contributed by atoms with Crippen molar-refractivity contribution in [1.82, 2.24) is 5.32 Å². The zero-order chi connectivity index (χ0) is 18.4. The number of aryl methyl sites for hydroxylation is 1. The molecule has 1 aliphatic rings. The van der Waals surface area contributed by atoms with Gasteiger partial charge < -0.3 is 10.2 Å². The molecular formula is C22H27FN2O. The van der Waals surface area contributed by atoms with Crippen LogP contribution < -0.4 is 10.2 Å². The average Bonchev–Trinajstić information content (AvgIpc) is 2.68. The SMILES string of the molecule is CC(CCc1ccccc1)NC(=O)C1CCN(c2ccccc2F)CC1. The zero-order valence-electron chi connectivity index (χ0n) is 15.3. The quantitative estimate of drug-likeness (QED) is 0.844. The summed E-state index contributed by atoms with van der Waals surface area (Å²) in [5, 5.41) is 3.15. The molecule has 1 fully saturated rings. The second-order valence-electron chi connectivity index (χ2n) is 7.15. The summed E-state index contributed by atoms with van der Waals surface area (Å²) in [7, 11) is 0. The van der Waals surface area contributed by atoms with E-state index < -0.39 is 0 Å². The smallest absolute Gasteiger partial charge is 0.223 e. The molecule has 1 unspecified atom stereocenters. The first-order valence-electron chi connectivity index (χ1n) is 9.47. The average molecular weight is 354 g/mol. The monoisotopic (exact) mass is 354 g/mol. The molecule has 0 aliphatic carbocycles. The summed E-state index contributed by atoms with van der Waals surface area (Å²) in [4.78, 5) is 14.6. The van der Waals surface area contributed by atoms with Gasteiger partial charge in [-0.15, -0.1) is 0 Å². The minimum atomic E-state index is -0.190. The number of para-hydroxylation sites is 1. The van der Waals surface area contributed by atoms with E-state index in [0.29, 0.717) is 5.69 Å². The predicted octanol–water partition coefficient (Wildman–Crippen LogP) is 4.18. The molecule has 0 spiro atoms. The van der Waals surface area contributed by atoms with Crippen LogP contribution in [0.1, 0.15) is 31.7 Å². The Kier molecular flexibility index (Phi) is 6.26. The largest absolute Gasteiger partial charge is 0.369 e. The summed E-state index contributed by atoms with van der Waals surface area (Å²) in [5.41, 5.74) is 1.94. The summed E-state index contributed by atoms with van der Waals surface area (Å²) < 4.78 is 13.9. The zero-order valence-corrected chi connectivity index (χ0v) is 15.3. The molecule has 26 heavy (non-hydrogen) atoms. The van der Waals surface area contributed by atoms with Crippen molar-refractivity contribution < 1.29 is 9.18 Å². The fraction of sp³-hybridized carbons (Fsp3) is 0.409. The maximum atomic E-state index is 13.9. The van der Waals surface area contributed by atoms with Gasteiger partial charge in [0.1, 0.15) is 5.82 Å². The van der Waals surface area contributed by atoms with Crippen LogP contribution in [0.15, 0.2) is 54.6 Å². The number of benzene rings is 2. The molecule has 2 aromatic rings. The molecule has 1 heterocycles. The van der Waals surface area contributed by atoms with Crippen LogP contribution in [0.3, 0.4) is 0 Å². The molecular weight excluding hydrogens is 327 g/mol. The topological polar surface area (TPSA) is 32.3 Å². The fourth-order valence-electron chi connectivity index (χ4n) is 3.55. The van der Waals surface area contributed by atoms with Gasteiger partial charge in [-0.3, -0.25) is 4.79 Å². The second kappa shape index (κ2) is 8.84.